The molecule has 2 amide bonds. The number of nitrogens with two attached hydrogens (primary N) is 1. The average Bonchev–Trinajstić information content (AvgIpc) is 3.29. The minimum absolute atomic E-state index is 0.0358. The van der Waals surface area contributed by atoms with Crippen LogP contribution in [0.5, 0.6) is 0 Å². The van der Waals surface area contributed by atoms with E-state index in [9.17, 15) is 9.59 Å². The second kappa shape index (κ2) is 7.66. The van der Waals surface area contributed by atoms with Gasteiger partial charge in [-0.25, -0.2) is 0 Å². The van der Waals surface area contributed by atoms with Gasteiger partial charge in [0.1, 0.15) is 5.00 Å². The fourth-order valence-electron chi connectivity index (χ4n) is 2.81. The third-order valence-electron chi connectivity index (χ3n) is 4.29. The van der Waals surface area contributed by atoms with Gasteiger partial charge in [-0.05, 0) is 37.0 Å². The molecule has 0 unspecified atom stereocenters. The van der Waals surface area contributed by atoms with Crippen molar-refractivity contribution in [3.8, 4) is 0 Å². The van der Waals surface area contributed by atoms with Crippen molar-refractivity contribution in [1.82, 2.24) is 24.5 Å². The van der Waals surface area contributed by atoms with Crippen LogP contribution in [-0.4, -0.2) is 62.4 Å². The van der Waals surface area contributed by atoms with Crippen molar-refractivity contribution in [3.05, 3.63) is 30.1 Å². The molecule has 3 N–H and O–H groups in total. The molecule has 10 nitrogen and oxygen atoms in total. The summed E-state index contributed by atoms with van der Waals surface area (Å²) in [6.07, 6.45) is 2.08. The molecule has 2 aromatic heterocycles. The Morgan fingerprint density at radius 2 is 2.26 bits per heavy atom. The second-order valence-electron chi connectivity index (χ2n) is 6.17. The number of primary amides is 1. The molecule has 3 heterocycles. The van der Waals surface area contributed by atoms with Gasteiger partial charge in [-0.15, -0.1) is 10.2 Å². The van der Waals surface area contributed by atoms with E-state index in [0.29, 0.717) is 24.0 Å². The highest BCUT2D eigenvalue weighted by Crippen LogP contribution is 2.24. The molecule has 1 aliphatic rings. The number of nitrogens with zero attached hydrogens (tertiary/aromatic N) is 6. The van der Waals surface area contributed by atoms with Crippen molar-refractivity contribution in [1.29, 1.82) is 0 Å². The largest absolute Gasteiger partial charge is 0.364 e. The Labute approximate surface area is 160 Å². The Kier molecular flexibility index (Phi) is 5.31. The van der Waals surface area contributed by atoms with E-state index in [1.807, 2.05) is 24.9 Å². The molecule has 142 valence electrons. The Morgan fingerprint density at radius 3 is 2.89 bits per heavy atom. The highest BCUT2D eigenvalue weighted by molar-refractivity contribution is 7.10. The van der Waals surface area contributed by atoms with Crippen molar-refractivity contribution in [2.75, 3.05) is 30.4 Å². The number of hydrogen-bond donors (Lipinski definition) is 2. The average molecular weight is 388 g/mol. The lowest BCUT2D eigenvalue weighted by atomic mass is 10.2. The standard InChI is InChI=1S/C16H20N8O2S/c1-4-12(25)24-6-5-10(8-24)23(3)16-19-15(13(14(17)26)20-21-16)18-11-7-9(2)22-27-11/h4,7,10H,1,5-6,8H2,2-3H3,(H2,17,26)(H,18,19,21)/t10-/m1/s1. The molecule has 0 aromatic carbocycles. The normalized spacial score (nSPS) is 16.2. The number of carbonyl (C=O) groups is 2. The molecule has 2 aromatic rings. The van der Waals surface area contributed by atoms with Crippen LogP contribution in [0.15, 0.2) is 18.7 Å². The fourth-order valence-corrected chi connectivity index (χ4v) is 3.47. The van der Waals surface area contributed by atoms with Crippen LogP contribution in [0.25, 0.3) is 0 Å². The summed E-state index contributed by atoms with van der Waals surface area (Å²) in [6.45, 7) is 6.56. The minimum atomic E-state index is -0.725. The van der Waals surface area contributed by atoms with Crippen LogP contribution in [0.3, 0.4) is 0 Å². The summed E-state index contributed by atoms with van der Waals surface area (Å²) in [5.74, 6) is -0.268. The summed E-state index contributed by atoms with van der Waals surface area (Å²) in [7, 11) is 1.83. The van der Waals surface area contributed by atoms with E-state index >= 15 is 0 Å². The predicted molar refractivity (Wildman–Crippen MR) is 102 cm³/mol. The number of carbonyl (C=O) groups excluding carboxylic acids is 2. The number of aryl methyl sites for hydroxylation is 1. The Balaban J connectivity index is 1.83. The van der Waals surface area contributed by atoms with E-state index in [1.165, 1.54) is 17.6 Å². The molecule has 0 spiro atoms. The molecular formula is C16H20N8O2S. The summed E-state index contributed by atoms with van der Waals surface area (Å²) in [4.78, 5) is 31.4. The number of likely N-dealkylation sites (N-methyl/N-ethyl adjacent to an activating group) is 1. The van der Waals surface area contributed by atoms with E-state index in [-0.39, 0.29) is 23.5 Å². The van der Waals surface area contributed by atoms with Gasteiger partial charge in [0.25, 0.3) is 5.91 Å². The first-order valence-electron chi connectivity index (χ1n) is 8.28. The molecular weight excluding hydrogens is 368 g/mol. The maximum Gasteiger partial charge on any atom is 0.273 e. The first-order chi connectivity index (χ1) is 12.9. The van der Waals surface area contributed by atoms with Gasteiger partial charge in [0.05, 0.1) is 11.7 Å². The minimum Gasteiger partial charge on any atom is -0.364 e. The van der Waals surface area contributed by atoms with Gasteiger partial charge in [-0.2, -0.15) is 9.36 Å². The second-order valence-corrected chi connectivity index (χ2v) is 6.98. The number of nitrogens with one attached hydrogen (secondary N) is 1. The van der Waals surface area contributed by atoms with E-state index in [0.717, 1.165) is 12.1 Å². The molecule has 3 rings (SSSR count). The Bertz CT molecular complexity index is 883. The molecule has 0 saturated carbocycles. The van der Waals surface area contributed by atoms with E-state index in [2.05, 4.69) is 31.5 Å². The smallest absolute Gasteiger partial charge is 0.273 e. The maximum absolute atomic E-state index is 11.8. The first-order valence-corrected chi connectivity index (χ1v) is 9.05. The monoisotopic (exact) mass is 388 g/mol. The molecule has 1 atom stereocenters. The molecule has 0 aliphatic carbocycles. The van der Waals surface area contributed by atoms with Crippen molar-refractivity contribution in [2.45, 2.75) is 19.4 Å². The van der Waals surface area contributed by atoms with Gasteiger partial charge in [0.2, 0.25) is 11.9 Å². The van der Waals surface area contributed by atoms with Crippen LogP contribution < -0.4 is 16.0 Å². The van der Waals surface area contributed by atoms with Gasteiger partial charge in [0, 0.05) is 20.1 Å². The van der Waals surface area contributed by atoms with Gasteiger partial charge < -0.3 is 20.9 Å². The molecule has 0 bridgehead atoms. The molecule has 11 heteroatoms. The van der Waals surface area contributed by atoms with Crippen LogP contribution in [-0.2, 0) is 4.79 Å². The Morgan fingerprint density at radius 1 is 1.48 bits per heavy atom. The topological polar surface area (TPSA) is 130 Å². The molecule has 27 heavy (non-hydrogen) atoms. The van der Waals surface area contributed by atoms with Crippen molar-refractivity contribution in [3.63, 3.8) is 0 Å². The third-order valence-corrected chi connectivity index (χ3v) is 5.09. The number of rotatable bonds is 6. The summed E-state index contributed by atoms with van der Waals surface area (Å²) < 4.78 is 4.18. The zero-order valence-electron chi connectivity index (χ0n) is 15.0. The predicted octanol–water partition coefficient (Wildman–Crippen LogP) is 0.702. The summed E-state index contributed by atoms with van der Waals surface area (Å²) in [5, 5.41) is 11.7. The number of hydrogen-bond acceptors (Lipinski definition) is 9. The van der Waals surface area contributed by atoms with Crippen molar-refractivity contribution < 1.29 is 9.59 Å². The third kappa shape index (κ3) is 4.03. The number of anilines is 3. The maximum atomic E-state index is 11.8. The highest BCUT2D eigenvalue weighted by Gasteiger charge is 2.29. The van der Waals surface area contributed by atoms with Crippen molar-refractivity contribution >= 4 is 40.1 Å². The fraction of sp³-hybridized carbons (Fsp3) is 0.375. The quantitative estimate of drug-likeness (QED) is 0.692. The number of amides is 2. The highest BCUT2D eigenvalue weighted by atomic mass is 32.1. The van der Waals surface area contributed by atoms with Crippen molar-refractivity contribution in [2.24, 2.45) is 5.73 Å². The summed E-state index contributed by atoms with van der Waals surface area (Å²) in [6, 6.07) is 1.87. The molecule has 1 saturated heterocycles. The number of aromatic nitrogens is 4. The summed E-state index contributed by atoms with van der Waals surface area (Å²) in [5.41, 5.74) is 6.19. The molecule has 0 radical (unpaired) electrons. The van der Waals surface area contributed by atoms with E-state index < -0.39 is 5.91 Å². The lowest BCUT2D eigenvalue weighted by Gasteiger charge is -2.24. The zero-order chi connectivity index (χ0) is 19.6. The SMILES string of the molecule is C=CC(=O)N1CC[C@@H](N(C)c2nnc(C(N)=O)c(Nc3cc(C)ns3)n2)C1. The lowest BCUT2D eigenvalue weighted by Crippen LogP contribution is -2.37. The van der Waals surface area contributed by atoms with Crippen LogP contribution >= 0.6 is 11.5 Å². The van der Waals surface area contributed by atoms with Crippen LogP contribution in [0.4, 0.5) is 16.8 Å². The van der Waals surface area contributed by atoms with Gasteiger partial charge in [-0.3, -0.25) is 9.59 Å². The summed E-state index contributed by atoms with van der Waals surface area (Å²) >= 11 is 1.24. The van der Waals surface area contributed by atoms with Crippen LogP contribution in [0.1, 0.15) is 22.6 Å². The zero-order valence-corrected chi connectivity index (χ0v) is 15.9. The Hall–Kier alpha value is -3.08. The first kappa shape index (κ1) is 18.7. The lowest BCUT2D eigenvalue weighted by molar-refractivity contribution is -0.125. The molecule has 1 fully saturated rings. The van der Waals surface area contributed by atoms with Crippen LogP contribution in [0, 0.1) is 6.92 Å². The van der Waals surface area contributed by atoms with Gasteiger partial charge >= 0.3 is 0 Å². The van der Waals surface area contributed by atoms with E-state index in [1.54, 1.807) is 4.90 Å². The van der Waals surface area contributed by atoms with Gasteiger partial charge in [0.15, 0.2) is 11.5 Å². The molecule has 1 aliphatic heterocycles. The number of likely N-dealkylation sites (tertiary alicyclic amines) is 1. The van der Waals surface area contributed by atoms with E-state index in [4.69, 9.17) is 5.73 Å². The van der Waals surface area contributed by atoms with Crippen LogP contribution in [0.2, 0.25) is 0 Å². The van der Waals surface area contributed by atoms with Gasteiger partial charge in [-0.1, -0.05) is 6.58 Å².